The lowest BCUT2D eigenvalue weighted by atomic mass is 10.1. The van der Waals surface area contributed by atoms with Crippen molar-refractivity contribution in [2.75, 3.05) is 26.2 Å². The second-order valence-corrected chi connectivity index (χ2v) is 7.76. The van der Waals surface area contributed by atoms with Crippen LogP contribution in [0, 0.1) is 6.92 Å². The maximum Gasteiger partial charge on any atom is 0.224 e. The SMILES string of the molecule is Cc1ccc(CC(=O)NCC2CN(Cc3ccc(Cl)c(Cl)c3)CCO2)cc1. The van der Waals surface area contributed by atoms with Gasteiger partial charge in [-0.25, -0.2) is 0 Å². The van der Waals surface area contributed by atoms with E-state index in [1.165, 1.54) is 5.56 Å². The summed E-state index contributed by atoms with van der Waals surface area (Å²) in [6.45, 7) is 5.61. The molecule has 1 fully saturated rings. The Morgan fingerprint density at radius 1 is 1.15 bits per heavy atom. The number of morpholine rings is 1. The molecule has 1 aliphatic heterocycles. The normalized spacial score (nSPS) is 17.7. The minimum atomic E-state index is -0.0107. The van der Waals surface area contributed by atoms with Gasteiger partial charge in [0.05, 0.1) is 29.2 Å². The van der Waals surface area contributed by atoms with E-state index in [1.807, 2.05) is 49.4 Å². The van der Waals surface area contributed by atoms with E-state index in [4.69, 9.17) is 27.9 Å². The summed E-state index contributed by atoms with van der Waals surface area (Å²) < 4.78 is 5.80. The van der Waals surface area contributed by atoms with Crippen LogP contribution in [0.1, 0.15) is 16.7 Å². The molecule has 1 N–H and O–H groups in total. The Bertz CT molecular complexity index is 780. The lowest BCUT2D eigenvalue weighted by Gasteiger charge is -2.33. The second kappa shape index (κ2) is 9.56. The molecule has 1 heterocycles. The van der Waals surface area contributed by atoms with Gasteiger partial charge in [0.1, 0.15) is 0 Å². The molecular weight excluding hydrogens is 383 g/mol. The number of carbonyl (C=O) groups is 1. The molecule has 1 aliphatic rings. The van der Waals surface area contributed by atoms with E-state index in [1.54, 1.807) is 0 Å². The average molecular weight is 407 g/mol. The third kappa shape index (κ3) is 6.22. The standard InChI is InChI=1S/C21H24Cl2N2O2/c1-15-2-4-16(5-3-15)11-21(26)24-12-18-14-25(8-9-27-18)13-17-6-7-19(22)20(23)10-17/h2-7,10,18H,8-9,11-14H2,1H3,(H,24,26). The number of nitrogens with one attached hydrogen (secondary N) is 1. The lowest BCUT2D eigenvalue weighted by Crippen LogP contribution is -2.47. The van der Waals surface area contributed by atoms with Gasteiger partial charge in [0.25, 0.3) is 0 Å². The van der Waals surface area contributed by atoms with Crippen LogP contribution in [-0.2, 0) is 22.5 Å². The molecule has 1 unspecified atom stereocenters. The van der Waals surface area contributed by atoms with Gasteiger partial charge in [-0.3, -0.25) is 9.69 Å². The summed E-state index contributed by atoms with van der Waals surface area (Å²) in [6.07, 6.45) is 0.378. The fourth-order valence-electron chi connectivity index (χ4n) is 3.13. The Morgan fingerprint density at radius 2 is 1.89 bits per heavy atom. The second-order valence-electron chi connectivity index (χ2n) is 6.94. The minimum Gasteiger partial charge on any atom is -0.374 e. The Balaban J connectivity index is 1.45. The zero-order valence-electron chi connectivity index (χ0n) is 15.4. The third-order valence-corrected chi connectivity index (χ3v) is 5.36. The number of hydrogen-bond acceptors (Lipinski definition) is 3. The first-order valence-electron chi connectivity index (χ1n) is 9.10. The van der Waals surface area contributed by atoms with Gasteiger partial charge < -0.3 is 10.1 Å². The Kier molecular flexibility index (Phi) is 7.13. The molecule has 0 saturated carbocycles. The van der Waals surface area contributed by atoms with E-state index >= 15 is 0 Å². The molecule has 3 rings (SSSR count). The molecule has 0 aromatic heterocycles. The van der Waals surface area contributed by atoms with E-state index in [0.717, 1.165) is 30.8 Å². The van der Waals surface area contributed by atoms with E-state index in [2.05, 4.69) is 10.2 Å². The summed E-state index contributed by atoms with van der Waals surface area (Å²) >= 11 is 12.1. The Morgan fingerprint density at radius 3 is 2.63 bits per heavy atom. The van der Waals surface area contributed by atoms with Gasteiger partial charge in [-0.1, -0.05) is 59.1 Å². The molecule has 0 spiro atoms. The molecule has 27 heavy (non-hydrogen) atoms. The number of amides is 1. The number of benzene rings is 2. The lowest BCUT2D eigenvalue weighted by molar-refractivity contribution is -0.121. The number of aryl methyl sites for hydroxylation is 1. The van der Waals surface area contributed by atoms with E-state index in [0.29, 0.717) is 29.6 Å². The van der Waals surface area contributed by atoms with E-state index < -0.39 is 0 Å². The molecule has 6 heteroatoms. The first-order valence-corrected chi connectivity index (χ1v) is 9.85. The Hall–Kier alpha value is -1.59. The van der Waals surface area contributed by atoms with Crippen LogP contribution in [0.2, 0.25) is 10.0 Å². The van der Waals surface area contributed by atoms with Crippen molar-refractivity contribution in [2.24, 2.45) is 0 Å². The third-order valence-electron chi connectivity index (χ3n) is 4.63. The van der Waals surface area contributed by atoms with E-state index in [-0.39, 0.29) is 12.0 Å². The molecular formula is C21H24Cl2N2O2. The van der Waals surface area contributed by atoms with Crippen LogP contribution in [0.3, 0.4) is 0 Å². The molecule has 144 valence electrons. The van der Waals surface area contributed by atoms with Crippen molar-refractivity contribution in [3.05, 3.63) is 69.2 Å². The number of rotatable bonds is 6. The zero-order valence-corrected chi connectivity index (χ0v) is 16.9. The summed E-state index contributed by atoms with van der Waals surface area (Å²) in [6, 6.07) is 13.7. The number of nitrogens with zero attached hydrogens (tertiary/aromatic N) is 1. The minimum absolute atomic E-state index is 0.0107. The monoisotopic (exact) mass is 406 g/mol. The summed E-state index contributed by atoms with van der Waals surface area (Å²) in [5, 5.41) is 4.13. The Labute approximate surface area is 170 Å². The highest BCUT2D eigenvalue weighted by molar-refractivity contribution is 6.42. The van der Waals surface area contributed by atoms with Gasteiger partial charge in [-0.05, 0) is 30.2 Å². The van der Waals surface area contributed by atoms with E-state index in [9.17, 15) is 4.79 Å². The van der Waals surface area contributed by atoms with Crippen LogP contribution in [0.4, 0.5) is 0 Å². The maximum absolute atomic E-state index is 12.2. The maximum atomic E-state index is 12.2. The van der Waals surface area contributed by atoms with Gasteiger partial charge >= 0.3 is 0 Å². The molecule has 0 bridgehead atoms. The first-order chi connectivity index (χ1) is 13.0. The molecule has 2 aromatic carbocycles. The summed E-state index contributed by atoms with van der Waals surface area (Å²) in [7, 11) is 0. The van der Waals surface area contributed by atoms with Gasteiger partial charge in [0.2, 0.25) is 5.91 Å². The van der Waals surface area contributed by atoms with Gasteiger partial charge in [0.15, 0.2) is 0 Å². The predicted octanol–water partition coefficient (Wildman–Crippen LogP) is 3.86. The van der Waals surface area contributed by atoms with Crippen LogP contribution in [0.25, 0.3) is 0 Å². The van der Waals surface area contributed by atoms with Crippen LogP contribution in [0.15, 0.2) is 42.5 Å². The molecule has 1 atom stereocenters. The molecule has 1 saturated heterocycles. The van der Waals surface area contributed by atoms with Gasteiger partial charge in [-0.15, -0.1) is 0 Å². The van der Waals surface area contributed by atoms with Gasteiger partial charge in [-0.2, -0.15) is 0 Å². The smallest absolute Gasteiger partial charge is 0.224 e. The molecule has 1 amide bonds. The van der Waals surface area contributed by atoms with Crippen LogP contribution >= 0.6 is 23.2 Å². The zero-order chi connectivity index (χ0) is 19.2. The van der Waals surface area contributed by atoms with Crippen molar-refractivity contribution in [3.63, 3.8) is 0 Å². The first kappa shape index (κ1) is 20.2. The van der Waals surface area contributed by atoms with Crippen LogP contribution in [0.5, 0.6) is 0 Å². The summed E-state index contributed by atoms with van der Waals surface area (Å²) in [5.74, 6) is 0.0176. The molecule has 4 nitrogen and oxygen atoms in total. The largest absolute Gasteiger partial charge is 0.374 e. The fourth-order valence-corrected chi connectivity index (χ4v) is 3.45. The van der Waals surface area contributed by atoms with Crippen LogP contribution in [-0.4, -0.2) is 43.2 Å². The number of halogens is 2. The quantitative estimate of drug-likeness (QED) is 0.791. The summed E-state index contributed by atoms with van der Waals surface area (Å²) in [4.78, 5) is 14.5. The topological polar surface area (TPSA) is 41.6 Å². The van der Waals surface area contributed by atoms with Crippen molar-refractivity contribution >= 4 is 29.1 Å². The average Bonchev–Trinajstić information content (AvgIpc) is 2.65. The van der Waals surface area contributed by atoms with Crippen molar-refractivity contribution in [2.45, 2.75) is 26.0 Å². The molecule has 2 aromatic rings. The van der Waals surface area contributed by atoms with Gasteiger partial charge in [0, 0.05) is 26.2 Å². The highest BCUT2D eigenvalue weighted by Gasteiger charge is 2.21. The highest BCUT2D eigenvalue weighted by Crippen LogP contribution is 2.23. The molecule has 0 aliphatic carbocycles. The number of ether oxygens (including phenoxy) is 1. The van der Waals surface area contributed by atoms with Crippen molar-refractivity contribution in [3.8, 4) is 0 Å². The number of hydrogen-bond donors (Lipinski definition) is 1. The fraction of sp³-hybridized carbons (Fsp3) is 0.381. The van der Waals surface area contributed by atoms with Crippen molar-refractivity contribution in [1.29, 1.82) is 0 Å². The van der Waals surface area contributed by atoms with Crippen LogP contribution < -0.4 is 5.32 Å². The van der Waals surface area contributed by atoms with Crippen molar-refractivity contribution in [1.82, 2.24) is 10.2 Å². The summed E-state index contributed by atoms with van der Waals surface area (Å²) in [5.41, 5.74) is 3.33. The molecule has 0 radical (unpaired) electrons. The number of carbonyl (C=O) groups excluding carboxylic acids is 1. The van der Waals surface area contributed by atoms with Crippen molar-refractivity contribution < 1.29 is 9.53 Å². The predicted molar refractivity (Wildman–Crippen MR) is 109 cm³/mol. The highest BCUT2D eigenvalue weighted by atomic mass is 35.5.